The van der Waals surface area contributed by atoms with Crippen LogP contribution in [0.1, 0.15) is 0 Å². The largest absolute Gasteiger partial charge is 0.301 e. The molecule has 0 saturated heterocycles. The van der Waals surface area contributed by atoms with Crippen LogP contribution in [0, 0.1) is 0 Å². The van der Waals surface area contributed by atoms with E-state index in [0.717, 1.165) is 11.4 Å². The molecule has 0 aromatic heterocycles. The summed E-state index contributed by atoms with van der Waals surface area (Å²) in [4.78, 5) is 0. The van der Waals surface area contributed by atoms with E-state index >= 15 is 0 Å². The molecule has 2 aromatic rings. The van der Waals surface area contributed by atoms with E-state index in [0.29, 0.717) is 10.0 Å². The number of hydrogen-bond donors (Lipinski definition) is 2. The molecule has 0 aliphatic carbocycles. The number of rotatable bonds is 3. The number of halogens is 2. The second kappa shape index (κ2) is 5.10. The molecule has 16 heavy (non-hydrogen) atoms. The molecule has 0 unspecified atom stereocenters. The van der Waals surface area contributed by atoms with Crippen LogP contribution in [0.3, 0.4) is 0 Å². The molecule has 0 radical (unpaired) electrons. The number of benzene rings is 2. The minimum Gasteiger partial charge on any atom is -0.301 e. The van der Waals surface area contributed by atoms with E-state index in [-0.39, 0.29) is 0 Å². The topological polar surface area (TPSA) is 24.1 Å². The molecule has 0 aliphatic rings. The fraction of sp³-hybridized carbons (Fsp3) is 0. The summed E-state index contributed by atoms with van der Waals surface area (Å²) in [5.41, 5.74) is 7.74. The molecular weight excluding hydrogens is 243 g/mol. The van der Waals surface area contributed by atoms with Crippen LogP contribution in [0.2, 0.25) is 10.0 Å². The Balaban J connectivity index is 2.08. The lowest BCUT2D eigenvalue weighted by Gasteiger charge is -2.11. The molecular formula is C12H10Cl2N2. The highest BCUT2D eigenvalue weighted by atomic mass is 35.5. The predicted octanol–water partition coefficient (Wildman–Crippen LogP) is 4.43. The molecule has 2 rings (SSSR count). The van der Waals surface area contributed by atoms with Gasteiger partial charge in [0.15, 0.2) is 0 Å². The van der Waals surface area contributed by atoms with E-state index in [4.69, 9.17) is 23.2 Å². The van der Waals surface area contributed by atoms with Crippen LogP contribution in [-0.4, -0.2) is 0 Å². The van der Waals surface area contributed by atoms with Crippen LogP contribution < -0.4 is 10.9 Å². The second-order valence-corrected chi connectivity index (χ2v) is 4.00. The van der Waals surface area contributed by atoms with Crippen LogP contribution in [0.4, 0.5) is 11.4 Å². The molecule has 0 saturated carbocycles. The molecule has 2 N–H and O–H groups in total. The van der Waals surface area contributed by atoms with E-state index in [9.17, 15) is 0 Å². The fourth-order valence-electron chi connectivity index (χ4n) is 1.26. The average molecular weight is 253 g/mol. The highest BCUT2D eigenvalue weighted by molar-refractivity contribution is 6.43. The molecule has 4 heteroatoms. The zero-order valence-corrected chi connectivity index (χ0v) is 9.89. The van der Waals surface area contributed by atoms with Crippen LogP contribution >= 0.6 is 23.2 Å². The van der Waals surface area contributed by atoms with Gasteiger partial charge in [-0.05, 0) is 24.3 Å². The first-order valence-electron chi connectivity index (χ1n) is 4.78. The molecule has 0 spiro atoms. The van der Waals surface area contributed by atoms with Gasteiger partial charge in [0.1, 0.15) is 0 Å². The molecule has 2 aromatic carbocycles. The van der Waals surface area contributed by atoms with Crippen molar-refractivity contribution in [3.8, 4) is 0 Å². The van der Waals surface area contributed by atoms with Crippen LogP contribution in [0.25, 0.3) is 0 Å². The fourth-order valence-corrected chi connectivity index (χ4v) is 1.61. The summed E-state index contributed by atoms with van der Waals surface area (Å²) in [5, 5.41) is 1.04. The van der Waals surface area contributed by atoms with Crippen LogP contribution in [0.15, 0.2) is 48.5 Å². The normalized spacial score (nSPS) is 9.88. The third kappa shape index (κ3) is 2.60. The summed E-state index contributed by atoms with van der Waals surface area (Å²) in [6.07, 6.45) is 0. The third-order valence-electron chi connectivity index (χ3n) is 2.07. The third-order valence-corrected chi connectivity index (χ3v) is 2.89. The smallest absolute Gasteiger partial charge is 0.0841 e. The van der Waals surface area contributed by atoms with E-state index in [1.54, 1.807) is 6.07 Å². The van der Waals surface area contributed by atoms with Crippen molar-refractivity contribution in [1.29, 1.82) is 0 Å². The first-order valence-corrected chi connectivity index (χ1v) is 5.54. The van der Waals surface area contributed by atoms with Crippen molar-refractivity contribution in [1.82, 2.24) is 0 Å². The Morgan fingerprint density at radius 1 is 0.750 bits per heavy atom. The minimum atomic E-state index is 0.507. The summed E-state index contributed by atoms with van der Waals surface area (Å²) in [6, 6.07) is 15.2. The van der Waals surface area contributed by atoms with Gasteiger partial charge >= 0.3 is 0 Å². The number of para-hydroxylation sites is 1. The Morgan fingerprint density at radius 3 is 2.25 bits per heavy atom. The van der Waals surface area contributed by atoms with Gasteiger partial charge in [0.2, 0.25) is 0 Å². The van der Waals surface area contributed by atoms with E-state index in [1.807, 2.05) is 42.5 Å². The molecule has 0 amide bonds. The van der Waals surface area contributed by atoms with Crippen molar-refractivity contribution in [3.63, 3.8) is 0 Å². The summed E-state index contributed by atoms with van der Waals surface area (Å²) in [6.45, 7) is 0. The Morgan fingerprint density at radius 2 is 1.50 bits per heavy atom. The molecule has 0 fully saturated rings. The summed E-state index contributed by atoms with van der Waals surface area (Å²) in [7, 11) is 0. The van der Waals surface area contributed by atoms with Gasteiger partial charge in [0.25, 0.3) is 0 Å². The summed E-state index contributed by atoms with van der Waals surface area (Å²) < 4.78 is 0. The number of hydrogen-bond acceptors (Lipinski definition) is 2. The maximum Gasteiger partial charge on any atom is 0.0841 e. The highest BCUT2D eigenvalue weighted by Gasteiger charge is 2.02. The van der Waals surface area contributed by atoms with Gasteiger partial charge in [-0.2, -0.15) is 0 Å². The van der Waals surface area contributed by atoms with Gasteiger partial charge in [-0.25, -0.2) is 0 Å². The lowest BCUT2D eigenvalue weighted by Crippen LogP contribution is -2.08. The van der Waals surface area contributed by atoms with E-state index in [1.165, 1.54) is 0 Å². The monoisotopic (exact) mass is 252 g/mol. The second-order valence-electron chi connectivity index (χ2n) is 3.22. The van der Waals surface area contributed by atoms with Crippen molar-refractivity contribution < 1.29 is 0 Å². The van der Waals surface area contributed by atoms with E-state index < -0.39 is 0 Å². The van der Waals surface area contributed by atoms with Gasteiger partial charge in [0, 0.05) is 0 Å². The van der Waals surface area contributed by atoms with E-state index in [2.05, 4.69) is 10.9 Å². The zero-order chi connectivity index (χ0) is 11.4. The molecule has 82 valence electrons. The Labute approximate surface area is 104 Å². The quantitative estimate of drug-likeness (QED) is 0.790. The van der Waals surface area contributed by atoms with Gasteiger partial charge in [-0.3, -0.25) is 5.43 Å². The van der Waals surface area contributed by atoms with Crippen LogP contribution in [0.5, 0.6) is 0 Å². The Kier molecular flexibility index (Phi) is 3.54. The van der Waals surface area contributed by atoms with Crippen molar-refractivity contribution >= 4 is 34.6 Å². The van der Waals surface area contributed by atoms with Crippen molar-refractivity contribution in [2.45, 2.75) is 0 Å². The minimum absolute atomic E-state index is 0.507. The highest BCUT2D eigenvalue weighted by Crippen LogP contribution is 2.29. The van der Waals surface area contributed by atoms with Gasteiger partial charge in [-0.15, -0.1) is 0 Å². The first-order chi connectivity index (χ1) is 7.77. The SMILES string of the molecule is Clc1cccc(NNc2ccccc2)c1Cl. The Hall–Kier alpha value is -1.38. The van der Waals surface area contributed by atoms with Gasteiger partial charge in [0.05, 0.1) is 21.4 Å². The summed E-state index contributed by atoms with van der Waals surface area (Å²) >= 11 is 11.9. The number of anilines is 2. The van der Waals surface area contributed by atoms with Crippen molar-refractivity contribution in [2.24, 2.45) is 0 Å². The maximum atomic E-state index is 6.03. The molecule has 0 heterocycles. The lowest BCUT2D eigenvalue weighted by atomic mass is 10.3. The standard InChI is InChI=1S/C12H10Cl2N2/c13-10-7-4-8-11(12(10)14)16-15-9-5-2-1-3-6-9/h1-8,15-16H. The van der Waals surface area contributed by atoms with Crippen LogP contribution in [-0.2, 0) is 0 Å². The van der Waals surface area contributed by atoms with Gasteiger partial charge in [-0.1, -0.05) is 47.5 Å². The number of hydrazine groups is 1. The lowest BCUT2D eigenvalue weighted by molar-refractivity contribution is 1.41. The zero-order valence-electron chi connectivity index (χ0n) is 8.37. The Bertz CT molecular complexity index is 472. The van der Waals surface area contributed by atoms with Gasteiger partial charge < -0.3 is 5.43 Å². The number of nitrogens with one attached hydrogen (secondary N) is 2. The van der Waals surface area contributed by atoms with Crippen molar-refractivity contribution in [3.05, 3.63) is 58.6 Å². The molecule has 0 atom stereocenters. The average Bonchev–Trinajstić information content (AvgIpc) is 2.32. The van der Waals surface area contributed by atoms with Crippen molar-refractivity contribution in [2.75, 3.05) is 10.9 Å². The first kappa shape index (κ1) is 11.1. The maximum absolute atomic E-state index is 6.03. The summed E-state index contributed by atoms with van der Waals surface area (Å²) in [5.74, 6) is 0. The molecule has 0 aliphatic heterocycles. The molecule has 0 bridgehead atoms. The molecule has 2 nitrogen and oxygen atoms in total. The predicted molar refractivity (Wildman–Crippen MR) is 70.1 cm³/mol.